The largest absolute Gasteiger partial charge is 0.497 e. The van der Waals surface area contributed by atoms with Crippen molar-refractivity contribution in [2.45, 2.75) is 12.5 Å². The van der Waals surface area contributed by atoms with Gasteiger partial charge in [-0.2, -0.15) is 0 Å². The van der Waals surface area contributed by atoms with E-state index in [1.807, 2.05) is 24.3 Å². The van der Waals surface area contributed by atoms with Crippen molar-refractivity contribution in [3.63, 3.8) is 0 Å². The highest BCUT2D eigenvalue weighted by Gasteiger charge is 2.20. The molecule has 1 atom stereocenters. The first-order chi connectivity index (χ1) is 6.79. The summed E-state index contributed by atoms with van der Waals surface area (Å²) in [5.41, 5.74) is 1.11. The summed E-state index contributed by atoms with van der Waals surface area (Å²) in [5, 5.41) is 3.84. The average molecular weight is 256 g/mol. The summed E-state index contributed by atoms with van der Waals surface area (Å²) in [5.74, 6) is 0.853. The first-order valence-corrected chi connectivity index (χ1v) is 5.11. The van der Waals surface area contributed by atoms with Crippen molar-refractivity contribution in [3.8, 4) is 5.75 Å². The van der Waals surface area contributed by atoms with Crippen LogP contribution in [0.2, 0.25) is 0 Å². The Morgan fingerprint density at radius 1 is 1.43 bits per heavy atom. The van der Waals surface area contributed by atoms with Crippen LogP contribution in [0.5, 0.6) is 5.75 Å². The van der Waals surface area contributed by atoms with E-state index in [0.717, 1.165) is 22.4 Å². The Bertz CT molecular complexity index is 348. The normalized spacial score (nSPS) is 20.1. The number of oxime groups is 1. The fraction of sp³-hybridized carbons (Fsp3) is 0.300. The van der Waals surface area contributed by atoms with Crippen molar-refractivity contribution in [3.05, 3.63) is 29.8 Å². The number of ether oxygens (including phenoxy) is 1. The summed E-state index contributed by atoms with van der Waals surface area (Å²) in [7, 11) is 1.65. The minimum Gasteiger partial charge on any atom is -0.497 e. The van der Waals surface area contributed by atoms with Crippen LogP contribution in [0.4, 0.5) is 0 Å². The lowest BCUT2D eigenvalue weighted by Gasteiger charge is -2.08. The van der Waals surface area contributed by atoms with Crippen LogP contribution in [0.3, 0.4) is 0 Å². The Kier molecular flexibility index (Phi) is 2.72. The van der Waals surface area contributed by atoms with E-state index >= 15 is 0 Å². The molecule has 0 amide bonds. The smallest absolute Gasteiger partial charge is 0.158 e. The molecule has 0 bridgehead atoms. The minimum absolute atomic E-state index is 0.0373. The fourth-order valence-corrected chi connectivity index (χ4v) is 1.72. The van der Waals surface area contributed by atoms with Gasteiger partial charge in [-0.05, 0) is 33.6 Å². The lowest BCUT2D eigenvalue weighted by atomic mass is 10.1. The lowest BCUT2D eigenvalue weighted by molar-refractivity contribution is 0.0857. The molecule has 0 saturated heterocycles. The van der Waals surface area contributed by atoms with Crippen LogP contribution in [0.1, 0.15) is 18.1 Å². The van der Waals surface area contributed by atoms with E-state index in [-0.39, 0.29) is 6.10 Å². The van der Waals surface area contributed by atoms with Crippen LogP contribution in [0.25, 0.3) is 0 Å². The summed E-state index contributed by atoms with van der Waals surface area (Å²) in [4.78, 5) is 5.23. The lowest BCUT2D eigenvalue weighted by Crippen LogP contribution is -1.96. The molecule has 0 saturated carbocycles. The molecule has 0 radical (unpaired) electrons. The first-order valence-electron chi connectivity index (χ1n) is 4.32. The Balaban J connectivity index is 2.11. The van der Waals surface area contributed by atoms with Crippen molar-refractivity contribution >= 4 is 20.6 Å². The third kappa shape index (κ3) is 1.90. The second-order valence-electron chi connectivity index (χ2n) is 3.04. The van der Waals surface area contributed by atoms with Gasteiger partial charge in [0.05, 0.1) is 7.11 Å². The van der Waals surface area contributed by atoms with Crippen molar-refractivity contribution in [1.29, 1.82) is 0 Å². The van der Waals surface area contributed by atoms with Crippen molar-refractivity contribution in [2.75, 3.05) is 7.11 Å². The summed E-state index contributed by atoms with van der Waals surface area (Å²) in [6.07, 6.45) is 0.835. The monoisotopic (exact) mass is 255 g/mol. The quantitative estimate of drug-likeness (QED) is 0.814. The molecule has 4 heteroatoms. The maximum atomic E-state index is 5.23. The van der Waals surface area contributed by atoms with Gasteiger partial charge >= 0.3 is 0 Å². The van der Waals surface area contributed by atoms with Crippen molar-refractivity contribution in [1.82, 2.24) is 0 Å². The first kappa shape index (κ1) is 9.52. The third-order valence-corrected chi connectivity index (χ3v) is 2.59. The van der Waals surface area contributed by atoms with Gasteiger partial charge in [-0.25, -0.2) is 0 Å². The molecule has 14 heavy (non-hydrogen) atoms. The zero-order valence-electron chi connectivity index (χ0n) is 7.74. The zero-order chi connectivity index (χ0) is 9.97. The van der Waals surface area contributed by atoms with Gasteiger partial charge in [0.15, 0.2) is 6.10 Å². The molecule has 1 aromatic carbocycles. The standard InChI is InChI=1S/C10H10BrNO2/c1-13-8-4-2-7(3-5-8)9-6-10(11)12-14-9/h2-5,9H,6H2,1H3/t9-/m1/s1. The molecule has 0 aromatic heterocycles. The second-order valence-corrected chi connectivity index (χ2v) is 3.95. The van der Waals surface area contributed by atoms with Crippen LogP contribution in [0.15, 0.2) is 29.4 Å². The average Bonchev–Trinajstić information content (AvgIpc) is 2.65. The van der Waals surface area contributed by atoms with Gasteiger partial charge in [-0.1, -0.05) is 17.3 Å². The zero-order valence-corrected chi connectivity index (χ0v) is 9.32. The summed E-state index contributed by atoms with van der Waals surface area (Å²) in [6, 6.07) is 7.82. The van der Waals surface area contributed by atoms with Crippen molar-refractivity contribution in [2.24, 2.45) is 5.16 Å². The Hall–Kier alpha value is -1.03. The molecule has 0 spiro atoms. The van der Waals surface area contributed by atoms with Gasteiger partial charge in [0.2, 0.25) is 0 Å². The molecular weight excluding hydrogens is 246 g/mol. The van der Waals surface area contributed by atoms with Gasteiger partial charge in [0.1, 0.15) is 10.4 Å². The third-order valence-electron chi connectivity index (χ3n) is 2.12. The van der Waals surface area contributed by atoms with Gasteiger partial charge in [-0.15, -0.1) is 0 Å². The molecule has 0 fully saturated rings. The van der Waals surface area contributed by atoms with E-state index in [2.05, 4.69) is 21.1 Å². The highest BCUT2D eigenvalue weighted by Crippen LogP contribution is 2.29. The maximum absolute atomic E-state index is 5.23. The van der Waals surface area contributed by atoms with E-state index in [4.69, 9.17) is 9.57 Å². The van der Waals surface area contributed by atoms with Crippen LogP contribution < -0.4 is 4.74 Å². The van der Waals surface area contributed by atoms with Gasteiger partial charge < -0.3 is 9.57 Å². The van der Waals surface area contributed by atoms with Crippen LogP contribution >= 0.6 is 15.9 Å². The molecule has 0 aliphatic carbocycles. The molecule has 2 rings (SSSR count). The number of halogens is 1. The molecule has 0 unspecified atom stereocenters. The SMILES string of the molecule is COc1ccc([C@H]2CC(Br)=NO2)cc1. The van der Waals surface area contributed by atoms with E-state index in [1.54, 1.807) is 7.11 Å². The van der Waals surface area contributed by atoms with Gasteiger partial charge in [-0.3, -0.25) is 0 Å². The van der Waals surface area contributed by atoms with Gasteiger partial charge in [0, 0.05) is 6.42 Å². The highest BCUT2D eigenvalue weighted by molar-refractivity contribution is 9.18. The van der Waals surface area contributed by atoms with E-state index in [0.29, 0.717) is 0 Å². The Labute approximate surface area is 90.8 Å². The Morgan fingerprint density at radius 3 is 2.64 bits per heavy atom. The molecule has 1 aliphatic heterocycles. The van der Waals surface area contributed by atoms with Crippen molar-refractivity contribution < 1.29 is 9.57 Å². The predicted molar refractivity (Wildman–Crippen MR) is 57.8 cm³/mol. The molecule has 74 valence electrons. The number of methoxy groups -OCH3 is 1. The summed E-state index contributed by atoms with van der Waals surface area (Å²) >= 11 is 3.30. The Morgan fingerprint density at radius 2 is 2.14 bits per heavy atom. The fourth-order valence-electron chi connectivity index (χ4n) is 1.35. The van der Waals surface area contributed by atoms with Crippen LogP contribution in [0, 0.1) is 0 Å². The predicted octanol–water partition coefficient (Wildman–Crippen LogP) is 2.87. The number of hydrogen-bond acceptors (Lipinski definition) is 3. The topological polar surface area (TPSA) is 30.8 Å². The summed E-state index contributed by atoms with van der Waals surface area (Å²) < 4.78 is 5.93. The van der Waals surface area contributed by atoms with E-state index in [1.165, 1.54) is 0 Å². The van der Waals surface area contributed by atoms with E-state index in [9.17, 15) is 0 Å². The van der Waals surface area contributed by atoms with E-state index < -0.39 is 0 Å². The summed E-state index contributed by atoms with van der Waals surface area (Å²) in [6.45, 7) is 0. The number of rotatable bonds is 2. The maximum Gasteiger partial charge on any atom is 0.158 e. The molecule has 1 heterocycles. The molecule has 1 aromatic rings. The number of hydrogen-bond donors (Lipinski definition) is 0. The molecule has 0 N–H and O–H groups in total. The highest BCUT2D eigenvalue weighted by atomic mass is 79.9. The molecule has 1 aliphatic rings. The minimum atomic E-state index is 0.0373. The molecule has 3 nitrogen and oxygen atoms in total. The number of benzene rings is 1. The molecular formula is C10H10BrNO2. The van der Waals surface area contributed by atoms with Gasteiger partial charge in [0.25, 0.3) is 0 Å². The van der Waals surface area contributed by atoms with Crippen LogP contribution in [-0.4, -0.2) is 11.7 Å². The second kappa shape index (κ2) is 4.00. The van der Waals surface area contributed by atoms with Crippen LogP contribution in [-0.2, 0) is 4.84 Å². The number of nitrogens with zero attached hydrogens (tertiary/aromatic N) is 1.